The van der Waals surface area contributed by atoms with Crippen molar-refractivity contribution in [2.24, 2.45) is 0 Å². The zero-order valence-corrected chi connectivity index (χ0v) is 20.4. The zero-order chi connectivity index (χ0) is 25.5. The van der Waals surface area contributed by atoms with Gasteiger partial charge in [0.1, 0.15) is 5.82 Å². The average molecular weight is 492 g/mol. The molecule has 188 valence electrons. The summed E-state index contributed by atoms with van der Waals surface area (Å²) in [5.74, 6) is 0.435. The molecule has 1 fully saturated rings. The summed E-state index contributed by atoms with van der Waals surface area (Å²) in [4.78, 5) is 27.9. The van der Waals surface area contributed by atoms with E-state index in [-0.39, 0.29) is 23.7 Å². The molecule has 36 heavy (non-hydrogen) atoms. The molecule has 0 atom stereocenters. The van der Waals surface area contributed by atoms with Gasteiger partial charge in [0.15, 0.2) is 11.5 Å². The summed E-state index contributed by atoms with van der Waals surface area (Å²) in [7, 11) is 3.09. The van der Waals surface area contributed by atoms with Crippen molar-refractivity contribution in [3.63, 3.8) is 0 Å². The smallest absolute Gasteiger partial charge is 0.253 e. The van der Waals surface area contributed by atoms with Gasteiger partial charge in [-0.15, -0.1) is 0 Å². The average Bonchev–Trinajstić information content (AvgIpc) is 2.92. The minimum Gasteiger partial charge on any atom is -0.493 e. The van der Waals surface area contributed by atoms with Crippen molar-refractivity contribution in [1.82, 2.24) is 10.6 Å². The van der Waals surface area contributed by atoms with Crippen molar-refractivity contribution < 1.29 is 23.5 Å². The molecular weight excluding hydrogens is 461 g/mol. The molecule has 4 rings (SSSR count). The number of ether oxygens (including phenoxy) is 2. The molecule has 0 aromatic heterocycles. The number of anilines is 1. The first-order valence-corrected chi connectivity index (χ1v) is 11.9. The van der Waals surface area contributed by atoms with Crippen LogP contribution in [-0.4, -0.2) is 45.2 Å². The molecule has 0 saturated carbocycles. The number of carbonyl (C=O) groups is 2. The number of para-hydroxylation sites is 1. The minimum absolute atomic E-state index is 0.0290. The number of rotatable bonds is 8. The Labute approximate surface area is 210 Å². The Balaban J connectivity index is 1.35. The fourth-order valence-corrected chi connectivity index (χ4v) is 4.33. The van der Waals surface area contributed by atoms with Crippen LogP contribution in [0.4, 0.5) is 10.1 Å². The third kappa shape index (κ3) is 5.94. The van der Waals surface area contributed by atoms with Crippen molar-refractivity contribution in [3.8, 4) is 11.5 Å². The maximum Gasteiger partial charge on any atom is 0.253 e. The van der Waals surface area contributed by atoms with Crippen molar-refractivity contribution in [2.75, 3.05) is 32.2 Å². The molecule has 0 aliphatic carbocycles. The Kier molecular flexibility index (Phi) is 8.05. The van der Waals surface area contributed by atoms with Gasteiger partial charge < -0.3 is 25.0 Å². The van der Waals surface area contributed by atoms with Gasteiger partial charge in [-0.25, -0.2) is 4.39 Å². The van der Waals surface area contributed by atoms with E-state index >= 15 is 0 Å². The quantitative estimate of drug-likeness (QED) is 0.495. The van der Waals surface area contributed by atoms with Crippen LogP contribution in [-0.2, 0) is 6.54 Å². The van der Waals surface area contributed by atoms with Gasteiger partial charge in [0, 0.05) is 36.9 Å². The lowest BCUT2D eigenvalue weighted by molar-refractivity contribution is 0.0929. The van der Waals surface area contributed by atoms with Crippen molar-refractivity contribution in [3.05, 3.63) is 89.2 Å². The summed E-state index contributed by atoms with van der Waals surface area (Å²) < 4.78 is 23.7. The predicted octanol–water partition coefficient (Wildman–Crippen LogP) is 4.17. The topological polar surface area (TPSA) is 79.9 Å². The molecule has 3 aromatic carbocycles. The van der Waals surface area contributed by atoms with Gasteiger partial charge in [-0.05, 0) is 60.9 Å². The van der Waals surface area contributed by atoms with E-state index in [0.29, 0.717) is 42.3 Å². The summed E-state index contributed by atoms with van der Waals surface area (Å²) in [5.41, 5.74) is 2.79. The van der Waals surface area contributed by atoms with E-state index in [1.165, 1.54) is 19.2 Å². The van der Waals surface area contributed by atoms with E-state index in [0.717, 1.165) is 24.1 Å². The molecule has 1 aliphatic rings. The van der Waals surface area contributed by atoms with Crippen LogP contribution >= 0.6 is 0 Å². The molecule has 0 radical (unpaired) electrons. The first-order chi connectivity index (χ1) is 17.5. The van der Waals surface area contributed by atoms with Crippen LogP contribution in [0.2, 0.25) is 0 Å². The Morgan fingerprint density at radius 1 is 0.917 bits per heavy atom. The summed E-state index contributed by atoms with van der Waals surface area (Å²) in [6, 6.07) is 18.7. The molecule has 3 aromatic rings. The van der Waals surface area contributed by atoms with Gasteiger partial charge in [0.2, 0.25) is 0 Å². The van der Waals surface area contributed by atoms with Crippen LogP contribution in [0.3, 0.4) is 0 Å². The molecule has 2 amide bonds. The number of nitrogens with zero attached hydrogens (tertiary/aromatic N) is 1. The van der Waals surface area contributed by atoms with Gasteiger partial charge in [0.25, 0.3) is 11.8 Å². The summed E-state index contributed by atoms with van der Waals surface area (Å²) in [6.45, 7) is 1.73. The second kappa shape index (κ2) is 11.6. The van der Waals surface area contributed by atoms with Gasteiger partial charge >= 0.3 is 0 Å². The number of hydrogen-bond acceptors (Lipinski definition) is 5. The summed E-state index contributed by atoms with van der Waals surface area (Å²) in [5, 5.41) is 6.03. The second-order valence-corrected chi connectivity index (χ2v) is 8.63. The van der Waals surface area contributed by atoms with Crippen LogP contribution < -0.4 is 25.0 Å². The van der Waals surface area contributed by atoms with Crippen molar-refractivity contribution >= 4 is 17.5 Å². The van der Waals surface area contributed by atoms with Crippen molar-refractivity contribution in [1.29, 1.82) is 0 Å². The van der Waals surface area contributed by atoms with Crippen LogP contribution in [0.1, 0.15) is 39.1 Å². The van der Waals surface area contributed by atoms with E-state index in [9.17, 15) is 14.0 Å². The lowest BCUT2D eigenvalue weighted by Gasteiger charge is -2.35. The molecule has 8 heteroatoms. The Bertz CT molecular complexity index is 1210. The molecule has 1 saturated heterocycles. The molecule has 2 N–H and O–H groups in total. The molecule has 0 unspecified atom stereocenters. The van der Waals surface area contributed by atoms with E-state index < -0.39 is 0 Å². The first-order valence-electron chi connectivity index (χ1n) is 11.9. The third-order valence-electron chi connectivity index (χ3n) is 6.33. The highest BCUT2D eigenvalue weighted by molar-refractivity contribution is 6.00. The van der Waals surface area contributed by atoms with Crippen LogP contribution in [0, 0.1) is 5.82 Å². The highest BCUT2D eigenvalue weighted by atomic mass is 19.1. The van der Waals surface area contributed by atoms with Crippen LogP contribution in [0.5, 0.6) is 11.5 Å². The lowest BCUT2D eigenvalue weighted by Crippen LogP contribution is -2.45. The SMILES string of the molecule is COc1ccc(C(=O)NC2CCN(c3ccccc3C(=O)NCc3ccc(F)cc3)CC2)cc1OC. The summed E-state index contributed by atoms with van der Waals surface area (Å²) in [6.07, 6.45) is 1.51. The number of carbonyl (C=O) groups excluding carboxylic acids is 2. The maximum atomic E-state index is 13.1. The predicted molar refractivity (Wildman–Crippen MR) is 136 cm³/mol. The van der Waals surface area contributed by atoms with E-state index in [1.807, 2.05) is 18.2 Å². The number of hydrogen-bond donors (Lipinski definition) is 2. The number of halogens is 1. The van der Waals surface area contributed by atoms with Crippen LogP contribution in [0.25, 0.3) is 0 Å². The standard InChI is InChI=1S/C28H30FN3O4/c1-35-25-12-9-20(17-26(25)36-2)27(33)31-22-13-15-32(16-14-22)24-6-4-3-5-23(24)28(34)30-18-19-7-10-21(29)11-8-19/h3-12,17,22H,13-16,18H2,1-2H3,(H,30,34)(H,31,33). The fourth-order valence-electron chi connectivity index (χ4n) is 4.33. The highest BCUT2D eigenvalue weighted by Gasteiger charge is 2.24. The van der Waals surface area contributed by atoms with E-state index in [2.05, 4.69) is 15.5 Å². The lowest BCUT2D eigenvalue weighted by atomic mass is 10.0. The fraction of sp³-hybridized carbons (Fsp3) is 0.286. The Morgan fingerprint density at radius 2 is 1.61 bits per heavy atom. The molecule has 1 aliphatic heterocycles. The van der Waals surface area contributed by atoms with Gasteiger partial charge in [-0.1, -0.05) is 24.3 Å². The molecule has 0 spiro atoms. The Morgan fingerprint density at radius 3 is 2.31 bits per heavy atom. The van der Waals surface area contributed by atoms with Gasteiger partial charge in [-0.2, -0.15) is 0 Å². The van der Waals surface area contributed by atoms with E-state index in [1.54, 1.807) is 43.5 Å². The first kappa shape index (κ1) is 25.0. The Hall–Kier alpha value is -4.07. The zero-order valence-electron chi connectivity index (χ0n) is 20.4. The minimum atomic E-state index is -0.307. The molecule has 1 heterocycles. The number of nitrogens with one attached hydrogen (secondary N) is 2. The number of amides is 2. The number of piperidine rings is 1. The normalized spacial score (nSPS) is 13.7. The van der Waals surface area contributed by atoms with Crippen LogP contribution in [0.15, 0.2) is 66.7 Å². The number of methoxy groups -OCH3 is 2. The van der Waals surface area contributed by atoms with Crippen molar-refractivity contribution in [2.45, 2.75) is 25.4 Å². The van der Waals surface area contributed by atoms with E-state index in [4.69, 9.17) is 9.47 Å². The molecule has 7 nitrogen and oxygen atoms in total. The monoisotopic (exact) mass is 491 g/mol. The maximum absolute atomic E-state index is 13.1. The number of benzene rings is 3. The van der Waals surface area contributed by atoms with Gasteiger partial charge in [-0.3, -0.25) is 9.59 Å². The summed E-state index contributed by atoms with van der Waals surface area (Å²) >= 11 is 0. The largest absolute Gasteiger partial charge is 0.493 e. The third-order valence-corrected chi connectivity index (χ3v) is 6.33. The van der Waals surface area contributed by atoms with Gasteiger partial charge in [0.05, 0.1) is 19.8 Å². The highest BCUT2D eigenvalue weighted by Crippen LogP contribution is 2.28. The molecular formula is C28H30FN3O4. The second-order valence-electron chi connectivity index (χ2n) is 8.63. The molecule has 0 bridgehead atoms.